The van der Waals surface area contributed by atoms with Crippen LogP contribution < -0.4 is 10.6 Å². The second-order valence-electron chi connectivity index (χ2n) is 4.07. The number of carboxylic acids is 1. The Morgan fingerprint density at radius 3 is 2.58 bits per heavy atom. The summed E-state index contributed by atoms with van der Waals surface area (Å²) in [6, 6.07) is 3.44. The minimum absolute atomic E-state index is 0. The summed E-state index contributed by atoms with van der Waals surface area (Å²) in [6.07, 6.45) is 0. The summed E-state index contributed by atoms with van der Waals surface area (Å²) in [5.74, 6) is -0.546. The third-order valence-corrected chi connectivity index (χ3v) is 2.75. The first-order valence-corrected chi connectivity index (χ1v) is 5.18. The van der Waals surface area contributed by atoms with Crippen molar-refractivity contribution in [3.05, 3.63) is 22.9 Å². The fourth-order valence-corrected chi connectivity index (χ4v) is 1.82. The Morgan fingerprint density at radius 2 is 2.16 bits per heavy atom. The van der Waals surface area contributed by atoms with Gasteiger partial charge in [0.25, 0.3) is 0 Å². The van der Waals surface area contributed by atoms with Crippen molar-refractivity contribution in [2.45, 2.75) is 13.0 Å². The van der Waals surface area contributed by atoms with Crippen LogP contribution in [-0.4, -0.2) is 35.2 Å². The number of rotatable bonds is 2. The molecule has 0 bridgehead atoms. The van der Waals surface area contributed by atoms with Gasteiger partial charge in [0, 0.05) is 19.1 Å². The zero-order chi connectivity index (χ0) is 12.6. The summed E-state index contributed by atoms with van der Waals surface area (Å²) in [7, 11) is 0. The number of aromatic nitrogens is 1. The lowest BCUT2D eigenvalue weighted by Gasteiger charge is -2.38. The van der Waals surface area contributed by atoms with Crippen molar-refractivity contribution in [1.82, 2.24) is 4.98 Å². The van der Waals surface area contributed by atoms with Crippen LogP contribution in [0.25, 0.3) is 0 Å². The molecule has 0 atom stereocenters. The lowest BCUT2D eigenvalue weighted by molar-refractivity contribution is 0.0695. The number of aromatic carboxylic acids is 1. The maximum absolute atomic E-state index is 10.9. The van der Waals surface area contributed by atoms with E-state index in [0.717, 1.165) is 0 Å². The lowest BCUT2D eigenvalue weighted by Crippen LogP contribution is -2.56. The number of nitriles is 1. The Balaban J connectivity index is 0.00000162. The molecule has 0 aliphatic carbocycles. The van der Waals surface area contributed by atoms with Crippen molar-refractivity contribution >= 4 is 36.6 Å². The first-order valence-electron chi connectivity index (χ1n) is 5.18. The molecule has 0 spiro atoms. The third-order valence-electron chi connectivity index (χ3n) is 2.75. The normalized spacial score (nSPS) is 13.6. The van der Waals surface area contributed by atoms with Crippen LogP contribution in [0.2, 0.25) is 0 Å². The molecule has 1 aromatic heterocycles. The van der Waals surface area contributed by atoms with E-state index in [0.29, 0.717) is 24.6 Å². The van der Waals surface area contributed by atoms with Gasteiger partial charge in [-0.1, -0.05) is 0 Å². The summed E-state index contributed by atoms with van der Waals surface area (Å²) < 4.78 is 0. The minimum Gasteiger partial charge on any atom is -0.478 e. The number of halogens is 2. The Kier molecular flexibility index (Phi) is 6.03. The van der Waals surface area contributed by atoms with Crippen molar-refractivity contribution in [2.75, 3.05) is 18.0 Å². The standard InChI is InChI=1S/C11H12N4O2.2ClH/c1-6-9(11(16)17)2-7(3-12)10(14-6)15-4-8(13)5-15;;/h2,8H,4-5,13H2,1H3,(H,16,17);2*1H. The van der Waals surface area contributed by atoms with E-state index in [4.69, 9.17) is 16.1 Å². The van der Waals surface area contributed by atoms with Crippen LogP contribution in [0.4, 0.5) is 5.82 Å². The van der Waals surface area contributed by atoms with Gasteiger partial charge < -0.3 is 15.7 Å². The zero-order valence-corrected chi connectivity index (χ0v) is 11.8. The van der Waals surface area contributed by atoms with Gasteiger partial charge in [-0.05, 0) is 13.0 Å². The molecule has 0 unspecified atom stereocenters. The number of hydrogen-bond donors (Lipinski definition) is 2. The second kappa shape index (κ2) is 6.57. The molecule has 1 aliphatic rings. The summed E-state index contributed by atoms with van der Waals surface area (Å²) in [6.45, 7) is 2.91. The predicted molar refractivity (Wildman–Crippen MR) is 75.3 cm³/mol. The molecular formula is C11H14Cl2N4O2. The molecule has 1 fully saturated rings. The summed E-state index contributed by atoms with van der Waals surface area (Å²) in [4.78, 5) is 17.0. The monoisotopic (exact) mass is 304 g/mol. The highest BCUT2D eigenvalue weighted by atomic mass is 35.5. The van der Waals surface area contributed by atoms with Gasteiger partial charge in [-0.2, -0.15) is 5.26 Å². The topological polar surface area (TPSA) is 103 Å². The highest BCUT2D eigenvalue weighted by molar-refractivity contribution is 5.90. The van der Waals surface area contributed by atoms with Gasteiger partial charge in [0.15, 0.2) is 0 Å². The molecule has 6 nitrogen and oxygen atoms in total. The molecule has 3 N–H and O–H groups in total. The predicted octanol–water partition coefficient (Wildman–Crippen LogP) is 0.951. The molecule has 104 valence electrons. The van der Waals surface area contributed by atoms with Gasteiger partial charge in [-0.15, -0.1) is 24.8 Å². The highest BCUT2D eigenvalue weighted by Gasteiger charge is 2.27. The Hall–Kier alpha value is -1.55. The zero-order valence-electron chi connectivity index (χ0n) is 10.2. The van der Waals surface area contributed by atoms with E-state index in [1.54, 1.807) is 6.92 Å². The molecule has 0 saturated carbocycles. The first kappa shape index (κ1) is 17.4. The SMILES string of the molecule is Cc1nc(N2CC(N)C2)c(C#N)cc1C(=O)O.Cl.Cl. The maximum Gasteiger partial charge on any atom is 0.337 e. The summed E-state index contributed by atoms with van der Waals surface area (Å²) in [5, 5.41) is 18.0. The smallest absolute Gasteiger partial charge is 0.337 e. The van der Waals surface area contributed by atoms with E-state index in [-0.39, 0.29) is 42.0 Å². The largest absolute Gasteiger partial charge is 0.478 e. The Labute approximate surface area is 123 Å². The number of anilines is 1. The van der Waals surface area contributed by atoms with Crippen LogP contribution >= 0.6 is 24.8 Å². The van der Waals surface area contributed by atoms with Crippen LogP contribution in [0.15, 0.2) is 6.07 Å². The Bertz CT molecular complexity index is 524. The maximum atomic E-state index is 10.9. The Morgan fingerprint density at radius 1 is 1.58 bits per heavy atom. The average molecular weight is 305 g/mol. The molecule has 2 rings (SSSR count). The van der Waals surface area contributed by atoms with Crippen LogP contribution in [0.5, 0.6) is 0 Å². The van der Waals surface area contributed by atoms with Crippen molar-refractivity contribution in [3.63, 3.8) is 0 Å². The van der Waals surface area contributed by atoms with E-state index in [9.17, 15) is 4.79 Å². The molecule has 0 aromatic carbocycles. The van der Waals surface area contributed by atoms with Crippen LogP contribution in [0.3, 0.4) is 0 Å². The fraction of sp³-hybridized carbons (Fsp3) is 0.364. The quantitative estimate of drug-likeness (QED) is 0.843. The summed E-state index contributed by atoms with van der Waals surface area (Å²) >= 11 is 0. The van der Waals surface area contributed by atoms with Crippen LogP contribution in [0, 0.1) is 18.3 Å². The van der Waals surface area contributed by atoms with Gasteiger partial charge in [-0.3, -0.25) is 0 Å². The van der Waals surface area contributed by atoms with Crippen LogP contribution in [0.1, 0.15) is 21.6 Å². The second-order valence-corrected chi connectivity index (χ2v) is 4.07. The number of aryl methyl sites for hydroxylation is 1. The lowest BCUT2D eigenvalue weighted by atomic mass is 10.1. The highest BCUT2D eigenvalue weighted by Crippen LogP contribution is 2.24. The molecule has 2 heterocycles. The molecular weight excluding hydrogens is 291 g/mol. The molecule has 0 radical (unpaired) electrons. The van der Waals surface area contributed by atoms with E-state index >= 15 is 0 Å². The van der Waals surface area contributed by atoms with Crippen molar-refractivity contribution < 1.29 is 9.90 Å². The van der Waals surface area contributed by atoms with Gasteiger partial charge in [-0.25, -0.2) is 9.78 Å². The number of hydrogen-bond acceptors (Lipinski definition) is 5. The molecule has 1 aliphatic heterocycles. The third kappa shape index (κ3) is 3.26. The fourth-order valence-electron chi connectivity index (χ4n) is 1.82. The van der Waals surface area contributed by atoms with Crippen molar-refractivity contribution in [2.24, 2.45) is 5.73 Å². The number of pyridine rings is 1. The molecule has 19 heavy (non-hydrogen) atoms. The van der Waals surface area contributed by atoms with E-state index in [1.807, 2.05) is 11.0 Å². The van der Waals surface area contributed by atoms with Gasteiger partial charge in [0.1, 0.15) is 11.9 Å². The molecule has 1 aromatic rings. The van der Waals surface area contributed by atoms with Crippen molar-refractivity contribution in [1.29, 1.82) is 5.26 Å². The van der Waals surface area contributed by atoms with E-state index in [1.165, 1.54) is 6.07 Å². The minimum atomic E-state index is -1.07. The van der Waals surface area contributed by atoms with Crippen LogP contribution in [-0.2, 0) is 0 Å². The molecule has 0 amide bonds. The molecule has 1 saturated heterocycles. The number of nitrogens with zero attached hydrogens (tertiary/aromatic N) is 3. The number of nitrogens with two attached hydrogens (primary N) is 1. The van der Waals surface area contributed by atoms with Gasteiger partial charge in [0.05, 0.1) is 16.8 Å². The van der Waals surface area contributed by atoms with Crippen molar-refractivity contribution in [3.8, 4) is 6.07 Å². The molecule has 8 heteroatoms. The van der Waals surface area contributed by atoms with Gasteiger partial charge >= 0.3 is 5.97 Å². The van der Waals surface area contributed by atoms with E-state index in [2.05, 4.69) is 4.98 Å². The van der Waals surface area contributed by atoms with Gasteiger partial charge in [0.2, 0.25) is 0 Å². The first-order chi connectivity index (χ1) is 8.02. The summed E-state index contributed by atoms with van der Waals surface area (Å²) in [5.41, 5.74) is 6.42. The van der Waals surface area contributed by atoms with E-state index < -0.39 is 5.97 Å². The number of carboxylic acid groups (broad SMARTS) is 1. The average Bonchev–Trinajstić information content (AvgIpc) is 2.24. The number of carbonyl (C=O) groups is 1.